The van der Waals surface area contributed by atoms with Gasteiger partial charge in [-0.25, -0.2) is 8.42 Å². The summed E-state index contributed by atoms with van der Waals surface area (Å²) in [5.74, 6) is 1.52. The lowest BCUT2D eigenvalue weighted by atomic mass is 9.80. The lowest BCUT2D eigenvalue weighted by molar-refractivity contribution is 0.206. The van der Waals surface area contributed by atoms with E-state index in [-0.39, 0.29) is 11.8 Å². The van der Waals surface area contributed by atoms with Crippen LogP contribution < -0.4 is 0 Å². The topological polar surface area (TPSA) is 37.4 Å². The first-order chi connectivity index (χ1) is 8.20. The van der Waals surface area contributed by atoms with Crippen LogP contribution in [0.1, 0.15) is 33.6 Å². The predicted molar refractivity (Wildman–Crippen MR) is 77.4 cm³/mol. The van der Waals surface area contributed by atoms with Crippen molar-refractivity contribution in [1.82, 2.24) is 4.90 Å². The zero-order valence-electron chi connectivity index (χ0n) is 12.3. The molecule has 0 fully saturated rings. The van der Waals surface area contributed by atoms with E-state index in [1.54, 1.807) is 0 Å². The molecule has 3 atom stereocenters. The Hall–Kier alpha value is -0.350. The minimum Gasteiger partial charge on any atom is -0.302 e. The van der Waals surface area contributed by atoms with Gasteiger partial charge in [-0.05, 0) is 45.6 Å². The molecule has 0 aromatic rings. The molecule has 0 amide bonds. The van der Waals surface area contributed by atoms with Crippen molar-refractivity contribution >= 4 is 9.84 Å². The average Bonchev–Trinajstić information content (AvgIpc) is 2.21. The van der Waals surface area contributed by atoms with E-state index < -0.39 is 9.84 Å². The molecule has 1 aliphatic rings. The van der Waals surface area contributed by atoms with Gasteiger partial charge in [0.1, 0.15) is 9.84 Å². The molecule has 4 heteroatoms. The Kier molecular flexibility index (Phi) is 5.41. The number of hydrogen-bond donors (Lipinski definition) is 0. The van der Waals surface area contributed by atoms with Crippen LogP contribution in [-0.4, -0.2) is 45.0 Å². The summed E-state index contributed by atoms with van der Waals surface area (Å²) in [6.45, 7) is 7.46. The van der Waals surface area contributed by atoms with E-state index >= 15 is 0 Å². The van der Waals surface area contributed by atoms with Crippen LogP contribution >= 0.6 is 0 Å². The van der Waals surface area contributed by atoms with Crippen molar-refractivity contribution < 1.29 is 8.42 Å². The Morgan fingerprint density at radius 3 is 2.61 bits per heavy atom. The normalized spacial score (nSPS) is 27.1. The maximum absolute atomic E-state index is 11.3. The van der Waals surface area contributed by atoms with Crippen molar-refractivity contribution in [3.05, 3.63) is 11.6 Å². The maximum Gasteiger partial charge on any atom is 0.148 e. The molecule has 0 aromatic heterocycles. The quantitative estimate of drug-likeness (QED) is 0.722. The van der Waals surface area contributed by atoms with E-state index in [1.165, 1.54) is 24.7 Å². The summed E-state index contributed by atoms with van der Waals surface area (Å²) in [7, 11) is -0.860. The second-order valence-electron chi connectivity index (χ2n) is 5.99. The van der Waals surface area contributed by atoms with E-state index in [2.05, 4.69) is 24.8 Å². The van der Waals surface area contributed by atoms with Crippen molar-refractivity contribution in [3.8, 4) is 0 Å². The number of allylic oxidation sites excluding steroid dienone is 1. The number of rotatable bonds is 5. The van der Waals surface area contributed by atoms with Crippen LogP contribution in [0.3, 0.4) is 0 Å². The molecular formula is C14H27NO2S. The third-order valence-electron chi connectivity index (χ3n) is 4.14. The number of sulfone groups is 1. The lowest BCUT2D eigenvalue weighted by Gasteiger charge is -2.34. The molecule has 1 rings (SSSR count). The van der Waals surface area contributed by atoms with Gasteiger partial charge in [-0.3, -0.25) is 0 Å². The van der Waals surface area contributed by atoms with Crippen molar-refractivity contribution in [2.24, 2.45) is 11.8 Å². The predicted octanol–water partition coefficient (Wildman–Crippen LogP) is 2.34. The molecule has 18 heavy (non-hydrogen) atoms. The summed E-state index contributed by atoms with van der Waals surface area (Å²) in [6, 6.07) is 0.0851. The number of hydrogen-bond acceptors (Lipinski definition) is 3. The van der Waals surface area contributed by atoms with Gasteiger partial charge in [-0.1, -0.05) is 18.6 Å². The van der Waals surface area contributed by atoms with E-state index in [1.807, 2.05) is 14.0 Å². The molecule has 0 heterocycles. The SMILES string of the molecule is CC1=CCC[C@@H](C)[C@@H]1CN(C)[C@@H](C)CS(C)(=O)=O. The fourth-order valence-corrected chi connectivity index (χ4v) is 3.89. The van der Waals surface area contributed by atoms with Crippen LogP contribution in [0.4, 0.5) is 0 Å². The molecule has 0 saturated carbocycles. The minimum absolute atomic E-state index is 0.0851. The first-order valence-corrected chi connectivity index (χ1v) is 8.81. The first-order valence-electron chi connectivity index (χ1n) is 6.75. The van der Waals surface area contributed by atoms with Gasteiger partial charge in [0.05, 0.1) is 5.75 Å². The highest BCUT2D eigenvalue weighted by Crippen LogP contribution is 2.30. The summed E-state index contributed by atoms with van der Waals surface area (Å²) in [6.07, 6.45) is 6.08. The summed E-state index contributed by atoms with van der Waals surface area (Å²) in [5, 5.41) is 0. The summed E-state index contributed by atoms with van der Waals surface area (Å²) in [4.78, 5) is 2.19. The van der Waals surface area contributed by atoms with Gasteiger partial charge in [0, 0.05) is 18.8 Å². The Bertz CT molecular complexity index is 400. The monoisotopic (exact) mass is 273 g/mol. The van der Waals surface area contributed by atoms with E-state index in [4.69, 9.17) is 0 Å². The van der Waals surface area contributed by atoms with E-state index in [9.17, 15) is 8.42 Å². The van der Waals surface area contributed by atoms with Crippen molar-refractivity contribution in [2.75, 3.05) is 25.6 Å². The van der Waals surface area contributed by atoms with Gasteiger partial charge in [-0.2, -0.15) is 0 Å². The van der Waals surface area contributed by atoms with Gasteiger partial charge in [0.15, 0.2) is 0 Å². The highest BCUT2D eigenvalue weighted by Gasteiger charge is 2.25. The average molecular weight is 273 g/mol. The third-order valence-corrected chi connectivity index (χ3v) is 5.23. The second kappa shape index (κ2) is 6.20. The first kappa shape index (κ1) is 15.7. The molecule has 1 aliphatic carbocycles. The highest BCUT2D eigenvalue weighted by atomic mass is 32.2. The number of nitrogens with zero attached hydrogens (tertiary/aromatic N) is 1. The Labute approximate surface area is 112 Å². The molecule has 106 valence electrons. The second-order valence-corrected chi connectivity index (χ2v) is 8.18. The van der Waals surface area contributed by atoms with Gasteiger partial charge < -0.3 is 4.90 Å². The standard InChI is InChI=1S/C14H27NO2S/c1-11-7-6-8-12(2)14(11)9-15(4)13(3)10-18(5,16)17/h7,12-14H,6,8-10H2,1-5H3/t12-,13+,14-/m1/s1. The molecule has 0 N–H and O–H groups in total. The van der Waals surface area contributed by atoms with Crippen LogP contribution in [0.25, 0.3) is 0 Å². The van der Waals surface area contributed by atoms with E-state index in [0.29, 0.717) is 11.8 Å². The Morgan fingerprint density at radius 2 is 2.11 bits per heavy atom. The van der Waals surface area contributed by atoms with Crippen molar-refractivity contribution in [3.63, 3.8) is 0 Å². The van der Waals surface area contributed by atoms with Crippen LogP contribution in [0, 0.1) is 11.8 Å². The summed E-state index contributed by atoms with van der Waals surface area (Å²) < 4.78 is 22.7. The fourth-order valence-electron chi connectivity index (χ4n) is 2.75. The molecule has 0 aromatic carbocycles. The van der Waals surface area contributed by atoms with Crippen LogP contribution in [0.2, 0.25) is 0 Å². The third kappa shape index (κ3) is 4.73. The molecule has 0 spiro atoms. The highest BCUT2D eigenvalue weighted by molar-refractivity contribution is 7.90. The van der Waals surface area contributed by atoms with Gasteiger partial charge in [0.25, 0.3) is 0 Å². The van der Waals surface area contributed by atoms with Gasteiger partial charge >= 0.3 is 0 Å². The molecule has 0 bridgehead atoms. The fraction of sp³-hybridized carbons (Fsp3) is 0.857. The molecule has 3 nitrogen and oxygen atoms in total. The summed E-state index contributed by atoms with van der Waals surface area (Å²) in [5.41, 5.74) is 1.46. The smallest absolute Gasteiger partial charge is 0.148 e. The molecule has 0 aliphatic heterocycles. The largest absolute Gasteiger partial charge is 0.302 e. The zero-order valence-corrected chi connectivity index (χ0v) is 13.1. The van der Waals surface area contributed by atoms with Gasteiger partial charge in [-0.15, -0.1) is 0 Å². The van der Waals surface area contributed by atoms with Crippen LogP contribution in [0.15, 0.2) is 11.6 Å². The van der Waals surface area contributed by atoms with Crippen molar-refractivity contribution in [2.45, 2.75) is 39.7 Å². The minimum atomic E-state index is -2.89. The maximum atomic E-state index is 11.3. The lowest BCUT2D eigenvalue weighted by Crippen LogP contribution is -2.40. The van der Waals surface area contributed by atoms with Gasteiger partial charge in [0.2, 0.25) is 0 Å². The van der Waals surface area contributed by atoms with E-state index in [0.717, 1.165) is 6.54 Å². The molecule has 0 radical (unpaired) electrons. The molecular weight excluding hydrogens is 246 g/mol. The summed E-state index contributed by atoms with van der Waals surface area (Å²) >= 11 is 0. The Morgan fingerprint density at radius 1 is 1.50 bits per heavy atom. The Balaban J connectivity index is 2.61. The molecule has 0 saturated heterocycles. The van der Waals surface area contributed by atoms with Crippen LogP contribution in [-0.2, 0) is 9.84 Å². The zero-order chi connectivity index (χ0) is 13.9. The van der Waals surface area contributed by atoms with Crippen LogP contribution in [0.5, 0.6) is 0 Å². The van der Waals surface area contributed by atoms with Crippen molar-refractivity contribution in [1.29, 1.82) is 0 Å². The molecule has 0 unspecified atom stereocenters.